The summed E-state index contributed by atoms with van der Waals surface area (Å²) in [4.78, 5) is 0. The van der Waals surface area contributed by atoms with Gasteiger partial charge in [0.1, 0.15) is 5.82 Å². The third-order valence-corrected chi connectivity index (χ3v) is 4.38. The Balaban J connectivity index is 2.41. The van der Waals surface area contributed by atoms with Gasteiger partial charge in [0.15, 0.2) is 0 Å². The highest BCUT2D eigenvalue weighted by molar-refractivity contribution is 14.1. The van der Waals surface area contributed by atoms with E-state index in [0.29, 0.717) is 11.0 Å². The van der Waals surface area contributed by atoms with E-state index in [0.717, 1.165) is 3.57 Å². The van der Waals surface area contributed by atoms with Crippen LogP contribution in [0.4, 0.5) is 4.39 Å². The van der Waals surface area contributed by atoms with Gasteiger partial charge in [-0.25, -0.2) is 4.39 Å². The van der Waals surface area contributed by atoms with Gasteiger partial charge in [-0.3, -0.25) is 0 Å². The van der Waals surface area contributed by atoms with Crippen molar-refractivity contribution in [1.82, 2.24) is 0 Å². The number of halogens is 2. The molecule has 5 heteroatoms. The molecule has 2 rings (SSSR count). The van der Waals surface area contributed by atoms with Crippen molar-refractivity contribution < 1.29 is 13.7 Å². The second-order valence-electron chi connectivity index (χ2n) is 5.71. The molecule has 18 heavy (non-hydrogen) atoms. The molecular formula is C13H17BFIO2. The van der Waals surface area contributed by atoms with Crippen LogP contribution in [0.15, 0.2) is 12.1 Å². The summed E-state index contributed by atoms with van der Waals surface area (Å²) in [5.74, 6) is -0.242. The van der Waals surface area contributed by atoms with Crippen molar-refractivity contribution in [2.75, 3.05) is 0 Å². The molecule has 0 saturated carbocycles. The zero-order chi connectivity index (χ0) is 13.7. The third-order valence-electron chi connectivity index (χ3n) is 3.75. The van der Waals surface area contributed by atoms with Gasteiger partial charge >= 0.3 is 7.12 Å². The Kier molecular flexibility index (Phi) is 3.53. The van der Waals surface area contributed by atoms with Crippen LogP contribution in [0.2, 0.25) is 0 Å². The van der Waals surface area contributed by atoms with Gasteiger partial charge in [-0.05, 0) is 74.9 Å². The van der Waals surface area contributed by atoms with Crippen molar-refractivity contribution in [1.29, 1.82) is 0 Å². The van der Waals surface area contributed by atoms with Crippen LogP contribution in [-0.2, 0) is 9.31 Å². The maximum atomic E-state index is 14.2. The van der Waals surface area contributed by atoms with E-state index in [4.69, 9.17) is 9.31 Å². The molecule has 98 valence electrons. The Bertz CT molecular complexity index is 472. The summed E-state index contributed by atoms with van der Waals surface area (Å²) in [5, 5.41) is 0. The van der Waals surface area contributed by atoms with Crippen molar-refractivity contribution in [3.8, 4) is 0 Å². The number of benzene rings is 1. The number of rotatable bonds is 1. The van der Waals surface area contributed by atoms with Crippen molar-refractivity contribution >= 4 is 35.2 Å². The second-order valence-corrected chi connectivity index (χ2v) is 6.96. The van der Waals surface area contributed by atoms with Gasteiger partial charge in [0.25, 0.3) is 0 Å². The highest BCUT2D eigenvalue weighted by Crippen LogP contribution is 2.36. The molecular weight excluding hydrogens is 345 g/mol. The van der Waals surface area contributed by atoms with Gasteiger partial charge in [0.05, 0.1) is 11.2 Å². The fourth-order valence-corrected chi connectivity index (χ4v) is 2.70. The molecule has 0 amide bonds. The van der Waals surface area contributed by atoms with Crippen molar-refractivity contribution in [2.45, 2.75) is 45.8 Å². The van der Waals surface area contributed by atoms with Gasteiger partial charge in [0, 0.05) is 9.03 Å². The number of hydrogen-bond donors (Lipinski definition) is 0. The van der Waals surface area contributed by atoms with Crippen molar-refractivity contribution in [3.05, 3.63) is 27.1 Å². The summed E-state index contributed by atoms with van der Waals surface area (Å²) in [6.07, 6.45) is 0. The zero-order valence-corrected chi connectivity index (χ0v) is 13.5. The van der Waals surface area contributed by atoms with Gasteiger partial charge in [-0.2, -0.15) is 0 Å². The van der Waals surface area contributed by atoms with Crippen molar-refractivity contribution in [3.63, 3.8) is 0 Å². The van der Waals surface area contributed by atoms with E-state index >= 15 is 0 Å². The summed E-state index contributed by atoms with van der Waals surface area (Å²) in [7, 11) is -0.636. The van der Waals surface area contributed by atoms with E-state index in [1.165, 1.54) is 0 Å². The van der Waals surface area contributed by atoms with E-state index in [1.54, 1.807) is 13.0 Å². The predicted octanol–water partition coefficient (Wildman–Crippen LogP) is 3.04. The Morgan fingerprint density at radius 3 is 2.11 bits per heavy atom. The first kappa shape index (κ1) is 14.3. The molecule has 1 aliphatic rings. The minimum absolute atomic E-state index is 0.242. The highest BCUT2D eigenvalue weighted by Gasteiger charge is 2.52. The summed E-state index contributed by atoms with van der Waals surface area (Å²) >= 11 is 2.17. The lowest BCUT2D eigenvalue weighted by molar-refractivity contribution is 0.00578. The van der Waals surface area contributed by atoms with Crippen LogP contribution in [0.1, 0.15) is 33.3 Å². The SMILES string of the molecule is Cc1cc(I)cc(B2OC(C)(C)C(C)(C)O2)c1F. The lowest BCUT2D eigenvalue weighted by Gasteiger charge is -2.32. The highest BCUT2D eigenvalue weighted by atomic mass is 127. The molecule has 0 atom stereocenters. The van der Waals surface area contributed by atoms with E-state index in [-0.39, 0.29) is 5.82 Å². The third kappa shape index (κ3) is 2.32. The average Bonchev–Trinajstić information content (AvgIpc) is 2.42. The van der Waals surface area contributed by atoms with Gasteiger partial charge in [0.2, 0.25) is 0 Å². The molecule has 1 aliphatic heterocycles. The molecule has 0 aliphatic carbocycles. The maximum Gasteiger partial charge on any atom is 0.497 e. The van der Waals surface area contributed by atoms with E-state index in [1.807, 2.05) is 33.8 Å². The van der Waals surface area contributed by atoms with Crippen LogP contribution in [0.25, 0.3) is 0 Å². The van der Waals surface area contributed by atoms with Gasteiger partial charge in [-0.1, -0.05) is 0 Å². The van der Waals surface area contributed by atoms with Crippen LogP contribution in [-0.4, -0.2) is 18.3 Å². The fourth-order valence-electron chi connectivity index (χ4n) is 1.89. The summed E-state index contributed by atoms with van der Waals surface area (Å²) in [6.45, 7) is 9.61. The monoisotopic (exact) mass is 362 g/mol. The van der Waals surface area contributed by atoms with Crippen LogP contribution in [0, 0.1) is 16.3 Å². The first-order chi connectivity index (χ1) is 8.14. The minimum Gasteiger partial charge on any atom is -0.399 e. The number of hydrogen-bond acceptors (Lipinski definition) is 2. The Hall–Kier alpha value is -0.135. The van der Waals surface area contributed by atoms with Gasteiger partial charge in [-0.15, -0.1) is 0 Å². The van der Waals surface area contributed by atoms with Crippen molar-refractivity contribution in [2.24, 2.45) is 0 Å². The first-order valence-electron chi connectivity index (χ1n) is 5.95. The van der Waals surface area contributed by atoms with Crippen LogP contribution in [0.3, 0.4) is 0 Å². The summed E-state index contributed by atoms with van der Waals surface area (Å²) < 4.78 is 26.9. The largest absolute Gasteiger partial charge is 0.497 e. The second kappa shape index (κ2) is 4.46. The van der Waals surface area contributed by atoms with Crippen LogP contribution < -0.4 is 5.46 Å². The summed E-state index contributed by atoms with van der Waals surface area (Å²) in [6, 6.07) is 3.59. The molecule has 1 fully saturated rings. The fraction of sp³-hybridized carbons (Fsp3) is 0.538. The Morgan fingerprint density at radius 1 is 1.11 bits per heavy atom. The first-order valence-corrected chi connectivity index (χ1v) is 7.03. The molecule has 0 unspecified atom stereocenters. The molecule has 1 aromatic carbocycles. The number of aryl methyl sites for hydroxylation is 1. The molecule has 0 aromatic heterocycles. The molecule has 0 bridgehead atoms. The quantitative estimate of drug-likeness (QED) is 0.565. The van der Waals surface area contributed by atoms with Crippen LogP contribution in [0.5, 0.6) is 0 Å². The summed E-state index contributed by atoms with van der Waals surface area (Å²) in [5.41, 5.74) is 0.211. The topological polar surface area (TPSA) is 18.5 Å². The molecule has 1 aromatic rings. The predicted molar refractivity (Wildman–Crippen MR) is 79.6 cm³/mol. The molecule has 1 heterocycles. The smallest absolute Gasteiger partial charge is 0.399 e. The molecule has 1 saturated heterocycles. The lowest BCUT2D eigenvalue weighted by atomic mass is 9.78. The molecule has 0 radical (unpaired) electrons. The van der Waals surface area contributed by atoms with E-state index in [9.17, 15) is 4.39 Å². The maximum absolute atomic E-state index is 14.2. The average molecular weight is 362 g/mol. The van der Waals surface area contributed by atoms with Crippen LogP contribution >= 0.6 is 22.6 Å². The van der Waals surface area contributed by atoms with Gasteiger partial charge < -0.3 is 9.31 Å². The standard InChI is InChI=1S/C13H17BFIO2/c1-8-6-9(16)7-10(11(8)15)14-17-12(2,3)13(4,5)18-14/h6-7H,1-5H3. The molecule has 0 spiro atoms. The van der Waals surface area contributed by atoms with E-state index in [2.05, 4.69) is 22.6 Å². The minimum atomic E-state index is -0.636. The Morgan fingerprint density at radius 2 is 1.61 bits per heavy atom. The Labute approximate surface area is 122 Å². The zero-order valence-electron chi connectivity index (χ0n) is 11.3. The van der Waals surface area contributed by atoms with E-state index < -0.39 is 18.3 Å². The lowest BCUT2D eigenvalue weighted by Crippen LogP contribution is -2.41. The molecule has 0 N–H and O–H groups in total. The molecule has 2 nitrogen and oxygen atoms in total. The normalized spacial score (nSPS) is 21.4.